The van der Waals surface area contributed by atoms with Gasteiger partial charge in [0.25, 0.3) is 5.91 Å². The zero-order chi connectivity index (χ0) is 34.0. The fourth-order valence-electron chi connectivity index (χ4n) is 5.75. The number of rotatable bonds is 8. The van der Waals surface area contributed by atoms with Crippen molar-refractivity contribution in [3.63, 3.8) is 0 Å². The molecule has 5 aromatic rings. The van der Waals surface area contributed by atoms with Crippen LogP contribution in [0.4, 0.5) is 21.9 Å². The zero-order valence-corrected chi connectivity index (χ0v) is 27.8. The minimum atomic E-state index is -0.762. The Labute approximate surface area is 279 Å². The summed E-state index contributed by atoms with van der Waals surface area (Å²) in [5.41, 5.74) is 5.20. The van der Waals surface area contributed by atoms with Crippen molar-refractivity contribution in [1.82, 2.24) is 4.98 Å². The van der Waals surface area contributed by atoms with E-state index in [0.29, 0.717) is 46.6 Å². The second-order valence-electron chi connectivity index (χ2n) is 12.5. The second-order valence-corrected chi connectivity index (χ2v) is 12.5. The molecule has 0 saturated heterocycles. The Balaban J connectivity index is 1.22. The molecular formula is C38H38N4O6. The smallest absolute Gasteiger partial charge is 0.323 e. The standard InChI is InChI=1S/C38H38N4O6/c1-38(2,3)24-12-16-31(45-4)29(20-24)42-37(44)41-28-14-13-25(26-9-7-8-10-27(26)28)23-19-30-36(39-21-23)48-34(35(43)40-30)18-22-11-15-32(46-5)33(17-22)47-6/h7-17,19-21,34H,18H2,1-6H3,(H,40,43)(H2,41,42,44). The third-order valence-corrected chi connectivity index (χ3v) is 8.32. The van der Waals surface area contributed by atoms with Crippen LogP contribution in [-0.4, -0.2) is 44.4 Å². The number of methoxy groups -OCH3 is 3. The molecule has 4 aromatic carbocycles. The summed E-state index contributed by atoms with van der Waals surface area (Å²) in [5.74, 6) is 1.83. The van der Waals surface area contributed by atoms with E-state index in [4.69, 9.17) is 18.9 Å². The molecule has 1 atom stereocenters. The minimum absolute atomic E-state index is 0.0979. The Hall–Kier alpha value is -5.77. The molecule has 1 unspecified atom stereocenters. The number of carbonyl (C=O) groups excluding carboxylic acids is 2. The van der Waals surface area contributed by atoms with Gasteiger partial charge in [0.05, 0.1) is 32.7 Å². The summed E-state index contributed by atoms with van der Waals surface area (Å²) in [4.78, 5) is 30.9. The lowest BCUT2D eigenvalue weighted by Crippen LogP contribution is -2.38. The van der Waals surface area contributed by atoms with Crippen LogP contribution in [0.2, 0.25) is 0 Å². The van der Waals surface area contributed by atoms with Crippen LogP contribution in [0.5, 0.6) is 23.1 Å². The molecular weight excluding hydrogens is 608 g/mol. The van der Waals surface area contributed by atoms with Crippen molar-refractivity contribution >= 4 is 39.8 Å². The van der Waals surface area contributed by atoms with Crippen LogP contribution in [0.15, 0.2) is 85.1 Å². The van der Waals surface area contributed by atoms with Crippen LogP contribution >= 0.6 is 0 Å². The number of hydrogen-bond donors (Lipinski definition) is 3. The van der Waals surface area contributed by atoms with E-state index in [1.54, 1.807) is 33.6 Å². The number of nitrogens with one attached hydrogen (secondary N) is 3. The average Bonchev–Trinajstić information content (AvgIpc) is 3.08. The van der Waals surface area contributed by atoms with E-state index in [9.17, 15) is 9.59 Å². The van der Waals surface area contributed by atoms with Gasteiger partial charge < -0.3 is 34.9 Å². The van der Waals surface area contributed by atoms with E-state index < -0.39 is 12.1 Å². The zero-order valence-electron chi connectivity index (χ0n) is 27.8. The number of nitrogens with zero attached hydrogens (tertiary/aromatic N) is 1. The molecule has 6 rings (SSSR count). The van der Waals surface area contributed by atoms with Gasteiger partial charge in [0.1, 0.15) is 11.4 Å². The molecule has 1 aromatic heterocycles. The first kappa shape index (κ1) is 32.2. The summed E-state index contributed by atoms with van der Waals surface area (Å²) in [5, 5.41) is 10.7. The van der Waals surface area contributed by atoms with Crippen LogP contribution in [0, 0.1) is 0 Å². The number of carbonyl (C=O) groups is 2. The van der Waals surface area contributed by atoms with E-state index in [1.165, 1.54) is 0 Å². The Kier molecular flexibility index (Phi) is 8.82. The predicted molar refractivity (Wildman–Crippen MR) is 188 cm³/mol. The molecule has 1 aliphatic heterocycles. The van der Waals surface area contributed by atoms with Crippen molar-refractivity contribution in [1.29, 1.82) is 0 Å². The lowest BCUT2D eigenvalue weighted by Gasteiger charge is -2.25. The highest BCUT2D eigenvalue weighted by molar-refractivity contribution is 6.10. The highest BCUT2D eigenvalue weighted by atomic mass is 16.5. The quantitative estimate of drug-likeness (QED) is 0.157. The van der Waals surface area contributed by atoms with Gasteiger partial charge in [0, 0.05) is 23.6 Å². The summed E-state index contributed by atoms with van der Waals surface area (Å²) in [7, 11) is 4.72. The molecule has 246 valence electrons. The van der Waals surface area contributed by atoms with Crippen molar-refractivity contribution in [3.8, 4) is 34.3 Å². The molecule has 0 aliphatic carbocycles. The molecule has 48 heavy (non-hydrogen) atoms. The monoisotopic (exact) mass is 646 g/mol. The normalized spacial score (nSPS) is 14.0. The van der Waals surface area contributed by atoms with Gasteiger partial charge in [-0.25, -0.2) is 9.78 Å². The Morgan fingerprint density at radius 3 is 2.27 bits per heavy atom. The van der Waals surface area contributed by atoms with Crippen molar-refractivity contribution in [2.75, 3.05) is 37.3 Å². The van der Waals surface area contributed by atoms with E-state index >= 15 is 0 Å². The van der Waals surface area contributed by atoms with Crippen LogP contribution in [-0.2, 0) is 16.6 Å². The Morgan fingerprint density at radius 1 is 0.833 bits per heavy atom. The lowest BCUT2D eigenvalue weighted by atomic mass is 9.87. The van der Waals surface area contributed by atoms with Gasteiger partial charge in [0.15, 0.2) is 17.6 Å². The molecule has 0 radical (unpaired) electrons. The maximum Gasteiger partial charge on any atom is 0.323 e. The predicted octanol–water partition coefficient (Wildman–Crippen LogP) is 7.81. The molecule has 0 bridgehead atoms. The topological polar surface area (TPSA) is 120 Å². The molecule has 0 saturated carbocycles. The summed E-state index contributed by atoms with van der Waals surface area (Å²) >= 11 is 0. The van der Waals surface area contributed by atoms with Crippen molar-refractivity contribution in [3.05, 3.63) is 96.2 Å². The summed E-state index contributed by atoms with van der Waals surface area (Å²) in [6, 6.07) is 24.3. The average molecular weight is 647 g/mol. The van der Waals surface area contributed by atoms with Crippen molar-refractivity contribution < 1.29 is 28.5 Å². The number of amides is 3. The third kappa shape index (κ3) is 6.55. The van der Waals surface area contributed by atoms with Gasteiger partial charge in [-0.15, -0.1) is 0 Å². The van der Waals surface area contributed by atoms with Gasteiger partial charge in [-0.3, -0.25) is 4.79 Å². The first-order valence-electron chi connectivity index (χ1n) is 15.5. The summed E-state index contributed by atoms with van der Waals surface area (Å²) in [6.45, 7) is 6.35. The van der Waals surface area contributed by atoms with Gasteiger partial charge in [-0.2, -0.15) is 0 Å². The Morgan fingerprint density at radius 2 is 1.54 bits per heavy atom. The number of anilines is 3. The lowest BCUT2D eigenvalue weighted by molar-refractivity contribution is -0.123. The largest absolute Gasteiger partial charge is 0.495 e. The third-order valence-electron chi connectivity index (χ3n) is 8.32. The highest BCUT2D eigenvalue weighted by Gasteiger charge is 2.30. The van der Waals surface area contributed by atoms with Crippen molar-refractivity contribution in [2.45, 2.75) is 38.7 Å². The van der Waals surface area contributed by atoms with Crippen molar-refractivity contribution in [2.24, 2.45) is 0 Å². The Bertz CT molecular complexity index is 2020. The van der Waals surface area contributed by atoms with E-state index in [-0.39, 0.29) is 11.3 Å². The summed E-state index contributed by atoms with van der Waals surface area (Å²) in [6.07, 6.45) is 1.29. The molecule has 0 spiro atoms. The first-order chi connectivity index (χ1) is 23.1. The minimum Gasteiger partial charge on any atom is -0.495 e. The molecule has 3 N–H and O–H groups in total. The van der Waals surface area contributed by atoms with Gasteiger partial charge >= 0.3 is 6.03 Å². The molecule has 1 aliphatic rings. The van der Waals surface area contributed by atoms with E-state index in [0.717, 1.165) is 33.0 Å². The number of aromatic nitrogens is 1. The van der Waals surface area contributed by atoms with Gasteiger partial charge in [-0.05, 0) is 63.9 Å². The van der Waals surface area contributed by atoms with Crippen LogP contribution in [0.25, 0.3) is 21.9 Å². The molecule has 0 fully saturated rings. The fraction of sp³-hybridized carbons (Fsp3) is 0.237. The van der Waals surface area contributed by atoms with Crippen LogP contribution in [0.3, 0.4) is 0 Å². The van der Waals surface area contributed by atoms with Gasteiger partial charge in [0.2, 0.25) is 5.88 Å². The molecule has 10 heteroatoms. The number of urea groups is 1. The number of ether oxygens (including phenoxy) is 4. The number of benzene rings is 4. The van der Waals surface area contributed by atoms with E-state index in [2.05, 4.69) is 41.7 Å². The SMILES string of the molecule is COc1ccc(C(C)(C)C)cc1NC(=O)Nc1ccc(-c2cnc3c(c2)NC(=O)C(Cc2ccc(OC)c(OC)c2)O3)c2ccccc12. The maximum atomic E-state index is 13.2. The molecule has 2 heterocycles. The van der Waals surface area contributed by atoms with E-state index in [1.807, 2.05) is 72.8 Å². The maximum absolute atomic E-state index is 13.2. The fourth-order valence-corrected chi connectivity index (χ4v) is 5.75. The van der Waals surface area contributed by atoms with Crippen LogP contribution < -0.4 is 34.9 Å². The molecule has 3 amide bonds. The number of fused-ring (bicyclic) bond motifs is 2. The second kappa shape index (κ2) is 13.2. The molecule has 10 nitrogen and oxygen atoms in total. The number of hydrogen-bond acceptors (Lipinski definition) is 7. The highest BCUT2D eigenvalue weighted by Crippen LogP contribution is 2.38. The summed E-state index contributed by atoms with van der Waals surface area (Å²) < 4.78 is 22.3. The first-order valence-corrected chi connectivity index (χ1v) is 15.5. The van der Waals surface area contributed by atoms with Gasteiger partial charge in [-0.1, -0.05) is 63.2 Å². The number of pyridine rings is 1. The van der Waals surface area contributed by atoms with Crippen LogP contribution in [0.1, 0.15) is 31.9 Å².